The van der Waals surface area contributed by atoms with Crippen LogP contribution in [0, 0.1) is 0 Å². The first-order valence-corrected chi connectivity index (χ1v) is 6.02. The number of carboxylic acid groups (broad SMARTS) is 1. The Morgan fingerprint density at radius 1 is 1.53 bits per heavy atom. The summed E-state index contributed by atoms with van der Waals surface area (Å²) in [6.07, 6.45) is 0. The van der Waals surface area contributed by atoms with Crippen LogP contribution >= 0.6 is 11.8 Å². The number of thioether (sulfide) groups is 1. The fraction of sp³-hybridized carbons (Fsp3) is 0.500. The van der Waals surface area contributed by atoms with E-state index in [1.54, 1.807) is 12.3 Å². The molecule has 0 spiro atoms. The first kappa shape index (κ1) is 12.0. The Morgan fingerprint density at radius 3 is 2.71 bits per heavy atom. The third-order valence-electron chi connectivity index (χ3n) is 2.78. The van der Waals surface area contributed by atoms with Crippen molar-refractivity contribution >= 4 is 29.5 Å². The Morgan fingerprint density at radius 2 is 2.18 bits per heavy atom. The zero-order chi connectivity index (χ0) is 12.7. The second-order valence-electron chi connectivity index (χ2n) is 4.05. The molecule has 2 heterocycles. The minimum atomic E-state index is -1.04. The highest BCUT2D eigenvalue weighted by atomic mass is 32.2. The van der Waals surface area contributed by atoms with Crippen LogP contribution in [0.25, 0.3) is 0 Å². The number of amides is 2. The smallest absolute Gasteiger partial charge is 0.330 e. The Bertz CT molecular complexity index is 434. The predicted molar refractivity (Wildman–Crippen MR) is 61.0 cm³/mol. The predicted octanol–water partition coefficient (Wildman–Crippen LogP) is -0.237. The first-order valence-electron chi connectivity index (χ1n) is 5.07. The normalized spacial score (nSPS) is 31.2. The van der Waals surface area contributed by atoms with Crippen molar-refractivity contribution in [1.82, 2.24) is 10.2 Å². The van der Waals surface area contributed by atoms with Crippen LogP contribution in [0.15, 0.2) is 11.0 Å². The Balaban J connectivity index is 2.21. The van der Waals surface area contributed by atoms with E-state index in [4.69, 9.17) is 5.11 Å². The van der Waals surface area contributed by atoms with Gasteiger partial charge in [0.25, 0.3) is 0 Å². The number of hydrogen-bond donors (Lipinski definition) is 2. The third kappa shape index (κ3) is 1.80. The van der Waals surface area contributed by atoms with E-state index in [1.807, 2.05) is 0 Å². The highest BCUT2D eigenvalue weighted by Crippen LogP contribution is 2.39. The van der Waals surface area contributed by atoms with Crippen LogP contribution in [0.5, 0.6) is 0 Å². The molecule has 2 aliphatic heterocycles. The first-order chi connectivity index (χ1) is 7.93. The van der Waals surface area contributed by atoms with Crippen LogP contribution in [0.3, 0.4) is 0 Å². The minimum Gasteiger partial charge on any atom is -0.479 e. The molecular formula is C10H12N2O4S. The maximum absolute atomic E-state index is 11.8. The third-order valence-corrected chi connectivity index (χ3v) is 4.06. The number of carbonyl (C=O) groups excluding carboxylic acids is 2. The molecule has 0 radical (unpaired) electrons. The van der Waals surface area contributed by atoms with Crippen molar-refractivity contribution in [3.63, 3.8) is 0 Å². The Labute approximate surface area is 102 Å². The number of carbonyl (C=O) groups is 3. The molecule has 1 fully saturated rings. The molecule has 0 aromatic rings. The SMILES string of the molecule is CC(=O)NC1C(=O)N2C(C(=O)O)C(C)=CS[C@H]12. The molecule has 2 unspecified atom stereocenters. The number of fused-ring (bicyclic) bond motifs is 1. The molecule has 7 heteroatoms. The van der Waals surface area contributed by atoms with E-state index < -0.39 is 18.1 Å². The van der Waals surface area contributed by atoms with E-state index in [9.17, 15) is 14.4 Å². The van der Waals surface area contributed by atoms with Crippen LogP contribution in [-0.2, 0) is 14.4 Å². The zero-order valence-corrected chi connectivity index (χ0v) is 10.2. The van der Waals surface area contributed by atoms with Gasteiger partial charge in [-0.3, -0.25) is 9.59 Å². The van der Waals surface area contributed by atoms with E-state index >= 15 is 0 Å². The summed E-state index contributed by atoms with van der Waals surface area (Å²) >= 11 is 1.36. The summed E-state index contributed by atoms with van der Waals surface area (Å²) in [5.41, 5.74) is 0.633. The van der Waals surface area contributed by atoms with Crippen LogP contribution < -0.4 is 5.32 Å². The lowest BCUT2D eigenvalue weighted by molar-refractivity contribution is -0.160. The van der Waals surface area contributed by atoms with Gasteiger partial charge in [-0.25, -0.2) is 4.79 Å². The quantitative estimate of drug-likeness (QED) is 0.666. The highest BCUT2D eigenvalue weighted by Gasteiger charge is 2.54. The van der Waals surface area contributed by atoms with Crippen LogP contribution in [-0.4, -0.2) is 45.2 Å². The van der Waals surface area contributed by atoms with Gasteiger partial charge in [-0.15, -0.1) is 11.8 Å². The van der Waals surface area contributed by atoms with Crippen molar-refractivity contribution in [3.05, 3.63) is 11.0 Å². The molecule has 0 aliphatic carbocycles. The van der Waals surface area contributed by atoms with Gasteiger partial charge in [-0.2, -0.15) is 0 Å². The van der Waals surface area contributed by atoms with Gasteiger partial charge in [0.1, 0.15) is 11.4 Å². The second-order valence-corrected chi connectivity index (χ2v) is 5.04. The van der Waals surface area contributed by atoms with Crippen molar-refractivity contribution < 1.29 is 19.5 Å². The molecular weight excluding hydrogens is 244 g/mol. The number of hydrogen-bond acceptors (Lipinski definition) is 4. The van der Waals surface area contributed by atoms with E-state index in [0.29, 0.717) is 5.57 Å². The molecule has 0 bridgehead atoms. The number of carboxylic acids is 1. The van der Waals surface area contributed by atoms with Gasteiger partial charge < -0.3 is 15.3 Å². The molecule has 0 saturated carbocycles. The number of β-lactam (4-membered cyclic amide) rings is 1. The molecule has 1 saturated heterocycles. The van der Waals surface area contributed by atoms with Crippen molar-refractivity contribution in [2.75, 3.05) is 0 Å². The number of nitrogens with one attached hydrogen (secondary N) is 1. The van der Waals surface area contributed by atoms with Gasteiger partial charge in [-0.1, -0.05) is 0 Å². The standard InChI is InChI=1S/C10H12N2O4S/c1-4-3-17-9-6(11-5(2)13)8(14)12(9)7(4)10(15)16/h3,6-7,9H,1-2H3,(H,11,13)(H,15,16)/t6?,7?,9-/m1/s1. The van der Waals surface area contributed by atoms with Crippen LogP contribution in [0.1, 0.15) is 13.8 Å². The van der Waals surface area contributed by atoms with E-state index in [2.05, 4.69) is 5.32 Å². The minimum absolute atomic E-state index is 0.290. The van der Waals surface area contributed by atoms with Gasteiger partial charge in [-0.05, 0) is 17.9 Å². The van der Waals surface area contributed by atoms with Crippen molar-refractivity contribution in [1.29, 1.82) is 0 Å². The van der Waals surface area contributed by atoms with Gasteiger partial charge in [0.15, 0.2) is 6.04 Å². The lowest BCUT2D eigenvalue weighted by Crippen LogP contribution is -2.73. The van der Waals surface area contributed by atoms with Gasteiger partial charge in [0.05, 0.1) is 0 Å². The summed E-state index contributed by atoms with van der Waals surface area (Å²) < 4.78 is 0. The average molecular weight is 256 g/mol. The van der Waals surface area contributed by atoms with E-state index in [-0.39, 0.29) is 17.2 Å². The molecule has 92 valence electrons. The molecule has 6 nitrogen and oxygen atoms in total. The van der Waals surface area contributed by atoms with Gasteiger partial charge >= 0.3 is 5.97 Å². The summed E-state index contributed by atoms with van der Waals surface area (Å²) in [6, 6.07) is -1.51. The molecule has 0 aromatic carbocycles. The summed E-state index contributed by atoms with van der Waals surface area (Å²) in [7, 11) is 0. The molecule has 0 aromatic heterocycles. The zero-order valence-electron chi connectivity index (χ0n) is 9.34. The number of aliphatic carboxylic acids is 1. The molecule has 17 heavy (non-hydrogen) atoms. The lowest BCUT2D eigenvalue weighted by atomic mass is 9.99. The maximum atomic E-state index is 11.8. The fourth-order valence-electron chi connectivity index (χ4n) is 2.03. The van der Waals surface area contributed by atoms with Crippen molar-refractivity contribution in [2.24, 2.45) is 0 Å². The lowest BCUT2D eigenvalue weighted by Gasteiger charge is -2.51. The maximum Gasteiger partial charge on any atom is 0.330 e. The Hall–Kier alpha value is -1.50. The molecule has 2 aliphatic rings. The van der Waals surface area contributed by atoms with Crippen LogP contribution in [0.2, 0.25) is 0 Å². The number of nitrogens with zero attached hydrogens (tertiary/aromatic N) is 1. The van der Waals surface area contributed by atoms with Crippen LogP contribution in [0.4, 0.5) is 0 Å². The summed E-state index contributed by atoms with van der Waals surface area (Å²) in [5, 5.41) is 13.0. The van der Waals surface area contributed by atoms with Crippen molar-refractivity contribution in [2.45, 2.75) is 31.3 Å². The molecule has 2 amide bonds. The fourth-order valence-corrected chi connectivity index (χ4v) is 3.21. The monoisotopic (exact) mass is 256 g/mol. The summed E-state index contributed by atoms with van der Waals surface area (Å²) in [4.78, 5) is 35.1. The largest absolute Gasteiger partial charge is 0.479 e. The average Bonchev–Trinajstić information content (AvgIpc) is 2.24. The molecule has 2 rings (SSSR count). The van der Waals surface area contributed by atoms with Crippen molar-refractivity contribution in [3.8, 4) is 0 Å². The second kappa shape index (κ2) is 4.06. The topological polar surface area (TPSA) is 86.7 Å². The van der Waals surface area contributed by atoms with Gasteiger partial charge in [0, 0.05) is 6.92 Å². The summed E-state index contributed by atoms with van der Waals surface area (Å²) in [5.74, 6) is -1.67. The van der Waals surface area contributed by atoms with E-state index in [1.165, 1.54) is 23.6 Å². The molecule has 2 N–H and O–H groups in total. The van der Waals surface area contributed by atoms with E-state index in [0.717, 1.165) is 0 Å². The molecule has 3 atom stereocenters. The Kier molecular flexibility index (Phi) is 2.86. The van der Waals surface area contributed by atoms with Gasteiger partial charge in [0.2, 0.25) is 11.8 Å². The highest BCUT2D eigenvalue weighted by molar-refractivity contribution is 8.02. The number of rotatable bonds is 2. The summed E-state index contributed by atoms with van der Waals surface area (Å²) in [6.45, 7) is 3.01.